The molecule has 0 aliphatic heterocycles. The number of aromatic amines is 2. The maximum absolute atomic E-state index is 12.1. The third-order valence-corrected chi connectivity index (χ3v) is 4.01. The highest BCUT2D eigenvalue weighted by atomic mass is 16.1. The van der Waals surface area contributed by atoms with E-state index in [1.807, 2.05) is 18.3 Å². The Morgan fingerprint density at radius 1 is 1.08 bits per heavy atom. The van der Waals surface area contributed by atoms with Gasteiger partial charge in [0.05, 0.1) is 0 Å². The van der Waals surface area contributed by atoms with Crippen LogP contribution in [0.4, 0.5) is 5.95 Å². The number of benzene rings is 1. The number of nitrogens with zero attached hydrogens (tertiary/aromatic N) is 3. The number of rotatable bonds is 5. The van der Waals surface area contributed by atoms with Gasteiger partial charge in [0.2, 0.25) is 5.95 Å². The molecule has 1 amide bonds. The lowest BCUT2D eigenvalue weighted by atomic mass is 10.1. The number of pyridine rings is 1. The maximum Gasteiger partial charge on any atom is 0.258 e. The van der Waals surface area contributed by atoms with E-state index in [2.05, 4.69) is 42.6 Å². The summed E-state index contributed by atoms with van der Waals surface area (Å²) in [6.45, 7) is 0. The van der Waals surface area contributed by atoms with Crippen molar-refractivity contribution < 1.29 is 4.79 Å². The van der Waals surface area contributed by atoms with E-state index >= 15 is 0 Å². The summed E-state index contributed by atoms with van der Waals surface area (Å²) in [7, 11) is 0. The highest BCUT2D eigenvalue weighted by Gasteiger charge is 2.10. The van der Waals surface area contributed by atoms with Crippen LogP contribution in [0.1, 0.15) is 21.7 Å². The summed E-state index contributed by atoms with van der Waals surface area (Å²) < 4.78 is 0. The molecule has 0 aliphatic carbocycles. The van der Waals surface area contributed by atoms with Gasteiger partial charge in [-0.25, -0.2) is 0 Å². The molecule has 3 heterocycles. The van der Waals surface area contributed by atoms with E-state index in [0.717, 1.165) is 17.8 Å². The average molecular weight is 332 g/mol. The summed E-state index contributed by atoms with van der Waals surface area (Å²) in [4.78, 5) is 23.6. The highest BCUT2D eigenvalue weighted by Crippen LogP contribution is 2.19. The molecule has 0 aliphatic rings. The molecule has 3 N–H and O–H groups in total. The Labute approximate surface area is 143 Å². The van der Waals surface area contributed by atoms with Crippen molar-refractivity contribution in [1.82, 2.24) is 25.1 Å². The van der Waals surface area contributed by atoms with E-state index in [9.17, 15) is 4.79 Å². The fourth-order valence-corrected chi connectivity index (χ4v) is 2.73. The number of aryl methyl sites for hydroxylation is 2. The van der Waals surface area contributed by atoms with Crippen molar-refractivity contribution in [3.63, 3.8) is 0 Å². The second-order valence-electron chi connectivity index (χ2n) is 5.66. The van der Waals surface area contributed by atoms with Gasteiger partial charge in [-0.3, -0.25) is 20.2 Å². The molecule has 3 aromatic heterocycles. The molecule has 7 heteroatoms. The second kappa shape index (κ2) is 6.56. The molecule has 1 aromatic carbocycles. The zero-order valence-electron chi connectivity index (χ0n) is 13.4. The monoisotopic (exact) mass is 332 g/mol. The summed E-state index contributed by atoms with van der Waals surface area (Å²) in [6, 6.07) is 11.5. The molecule has 0 unspecified atom stereocenters. The van der Waals surface area contributed by atoms with Crippen LogP contribution in [0.2, 0.25) is 0 Å². The molecule has 4 aromatic rings. The van der Waals surface area contributed by atoms with Crippen molar-refractivity contribution in [1.29, 1.82) is 0 Å². The first-order valence-electron chi connectivity index (χ1n) is 7.97. The molecule has 7 nitrogen and oxygen atoms in total. The van der Waals surface area contributed by atoms with Gasteiger partial charge < -0.3 is 4.98 Å². The minimum atomic E-state index is -0.260. The van der Waals surface area contributed by atoms with Crippen molar-refractivity contribution >= 4 is 22.8 Å². The van der Waals surface area contributed by atoms with Crippen LogP contribution in [0.3, 0.4) is 0 Å². The summed E-state index contributed by atoms with van der Waals surface area (Å²) in [5, 5.41) is 10.8. The predicted molar refractivity (Wildman–Crippen MR) is 94.3 cm³/mol. The van der Waals surface area contributed by atoms with Crippen molar-refractivity contribution in [2.24, 2.45) is 0 Å². The lowest BCUT2D eigenvalue weighted by Crippen LogP contribution is -2.12. The zero-order valence-corrected chi connectivity index (χ0v) is 13.4. The minimum Gasteiger partial charge on any atom is -0.361 e. The molecule has 4 rings (SSSR count). The van der Waals surface area contributed by atoms with E-state index in [-0.39, 0.29) is 11.9 Å². The van der Waals surface area contributed by atoms with E-state index < -0.39 is 0 Å². The molecule has 0 spiro atoms. The third kappa shape index (κ3) is 3.25. The summed E-state index contributed by atoms with van der Waals surface area (Å²) >= 11 is 0. The van der Waals surface area contributed by atoms with Gasteiger partial charge in [-0.1, -0.05) is 18.2 Å². The molecule has 124 valence electrons. The summed E-state index contributed by atoms with van der Waals surface area (Å²) in [6.07, 6.45) is 6.70. The van der Waals surface area contributed by atoms with Gasteiger partial charge in [0.15, 0.2) is 0 Å². The maximum atomic E-state index is 12.1. The number of fused-ring (bicyclic) bond motifs is 1. The van der Waals surface area contributed by atoms with Crippen molar-refractivity contribution in [3.8, 4) is 0 Å². The van der Waals surface area contributed by atoms with Crippen LogP contribution in [-0.2, 0) is 12.8 Å². The second-order valence-corrected chi connectivity index (χ2v) is 5.66. The van der Waals surface area contributed by atoms with E-state index in [4.69, 9.17) is 0 Å². The normalized spacial score (nSPS) is 10.9. The van der Waals surface area contributed by atoms with Crippen LogP contribution in [0.25, 0.3) is 10.9 Å². The Morgan fingerprint density at radius 3 is 2.80 bits per heavy atom. The molecule has 0 saturated carbocycles. The fraction of sp³-hybridized carbons (Fsp3) is 0.111. The number of hydrogen-bond donors (Lipinski definition) is 3. The number of carbonyl (C=O) groups excluding carboxylic acids is 1. The van der Waals surface area contributed by atoms with Gasteiger partial charge in [0.25, 0.3) is 5.91 Å². The quantitative estimate of drug-likeness (QED) is 0.523. The van der Waals surface area contributed by atoms with E-state index in [1.54, 1.807) is 24.5 Å². The minimum absolute atomic E-state index is 0.260. The van der Waals surface area contributed by atoms with Gasteiger partial charge in [-0.2, -0.15) is 4.98 Å². The Kier molecular flexibility index (Phi) is 3.96. The van der Waals surface area contributed by atoms with Gasteiger partial charge in [-0.15, -0.1) is 5.10 Å². The molecule has 0 bridgehead atoms. The number of hydrogen-bond acceptors (Lipinski definition) is 4. The zero-order chi connectivity index (χ0) is 17.1. The highest BCUT2D eigenvalue weighted by molar-refractivity contribution is 6.03. The number of carbonyl (C=O) groups is 1. The Hall–Kier alpha value is -3.48. The summed E-state index contributed by atoms with van der Waals surface area (Å²) in [5.41, 5.74) is 2.87. The molecular formula is C18H16N6O. The van der Waals surface area contributed by atoms with E-state index in [0.29, 0.717) is 12.0 Å². The molecule has 25 heavy (non-hydrogen) atoms. The molecule has 0 radical (unpaired) electrons. The lowest BCUT2D eigenvalue weighted by Gasteiger charge is -1.99. The number of nitrogens with one attached hydrogen (secondary N) is 3. The number of para-hydroxylation sites is 1. The first-order chi connectivity index (χ1) is 12.3. The molecule has 0 atom stereocenters. The van der Waals surface area contributed by atoms with Gasteiger partial charge >= 0.3 is 0 Å². The Balaban J connectivity index is 1.41. The van der Waals surface area contributed by atoms with Crippen molar-refractivity contribution in [3.05, 3.63) is 71.9 Å². The van der Waals surface area contributed by atoms with Crippen molar-refractivity contribution in [2.75, 3.05) is 5.32 Å². The van der Waals surface area contributed by atoms with Crippen LogP contribution < -0.4 is 5.32 Å². The van der Waals surface area contributed by atoms with Crippen LogP contribution in [-0.4, -0.2) is 31.1 Å². The van der Waals surface area contributed by atoms with Gasteiger partial charge in [0, 0.05) is 41.5 Å². The molecule has 0 fully saturated rings. The van der Waals surface area contributed by atoms with Gasteiger partial charge in [-0.05, 0) is 30.2 Å². The number of amides is 1. The first-order valence-corrected chi connectivity index (χ1v) is 7.97. The SMILES string of the molecule is O=C(Nc1n[nH]c(CCc2c[nH]c3ccccc23)n1)c1ccncc1. The first kappa shape index (κ1) is 15.1. The predicted octanol–water partition coefficient (Wildman–Crippen LogP) is 2.72. The van der Waals surface area contributed by atoms with E-state index in [1.165, 1.54) is 10.9 Å². The smallest absolute Gasteiger partial charge is 0.258 e. The lowest BCUT2D eigenvalue weighted by molar-refractivity contribution is 0.102. The van der Waals surface area contributed by atoms with Crippen LogP contribution >= 0.6 is 0 Å². The van der Waals surface area contributed by atoms with Crippen LogP contribution in [0.5, 0.6) is 0 Å². The molecular weight excluding hydrogens is 316 g/mol. The summed E-state index contributed by atoms with van der Waals surface area (Å²) in [5.74, 6) is 0.746. The topological polar surface area (TPSA) is 99.3 Å². The van der Waals surface area contributed by atoms with Crippen molar-refractivity contribution in [2.45, 2.75) is 12.8 Å². The largest absolute Gasteiger partial charge is 0.361 e. The number of anilines is 1. The van der Waals surface area contributed by atoms with Crippen LogP contribution in [0.15, 0.2) is 55.0 Å². The molecule has 0 saturated heterocycles. The third-order valence-electron chi connectivity index (χ3n) is 4.01. The fourth-order valence-electron chi connectivity index (χ4n) is 2.73. The Morgan fingerprint density at radius 2 is 1.92 bits per heavy atom. The van der Waals surface area contributed by atoms with Gasteiger partial charge in [0.1, 0.15) is 5.82 Å². The number of H-pyrrole nitrogens is 2. The number of aromatic nitrogens is 5. The average Bonchev–Trinajstić information content (AvgIpc) is 3.27. The Bertz CT molecular complexity index is 1000. The standard InChI is InChI=1S/C18H16N6O/c25-17(12-7-9-19-10-8-12)22-18-21-16(23-24-18)6-5-13-11-20-15-4-2-1-3-14(13)15/h1-4,7-11,20H,5-6H2,(H2,21,22,23,24,25). The van der Waals surface area contributed by atoms with Crippen LogP contribution in [0, 0.1) is 0 Å².